The van der Waals surface area contributed by atoms with Gasteiger partial charge in [-0.15, -0.1) is 0 Å². The van der Waals surface area contributed by atoms with Gasteiger partial charge in [0, 0.05) is 25.1 Å². The van der Waals surface area contributed by atoms with Gasteiger partial charge in [0.25, 0.3) is 0 Å². The maximum Gasteiger partial charge on any atom is 0.0499 e. The quantitative estimate of drug-likeness (QED) is 0.662. The first-order chi connectivity index (χ1) is 7.22. The van der Waals surface area contributed by atoms with Gasteiger partial charge in [-0.2, -0.15) is 0 Å². The third-order valence-electron chi connectivity index (χ3n) is 3.62. The number of hydrogen-bond acceptors (Lipinski definition) is 2. The van der Waals surface area contributed by atoms with Gasteiger partial charge in [0.2, 0.25) is 0 Å². The van der Waals surface area contributed by atoms with Crippen molar-refractivity contribution in [3.8, 4) is 0 Å². The molecular formula is C13H25NO. The summed E-state index contributed by atoms with van der Waals surface area (Å²) in [5, 5.41) is 12.9. The van der Waals surface area contributed by atoms with Crippen LogP contribution in [0.5, 0.6) is 0 Å². The topological polar surface area (TPSA) is 32.3 Å². The molecule has 0 spiro atoms. The molecule has 2 heteroatoms. The second kappa shape index (κ2) is 6.29. The molecule has 1 fully saturated rings. The summed E-state index contributed by atoms with van der Waals surface area (Å²) in [5.41, 5.74) is 1.41. The highest BCUT2D eigenvalue weighted by atomic mass is 16.3. The number of rotatable bonds is 6. The van der Waals surface area contributed by atoms with Crippen LogP contribution in [0.15, 0.2) is 12.2 Å². The Kier molecular flexibility index (Phi) is 5.34. The molecule has 1 saturated carbocycles. The summed E-state index contributed by atoms with van der Waals surface area (Å²) in [4.78, 5) is 0. The summed E-state index contributed by atoms with van der Waals surface area (Å²) in [6, 6.07) is 0. The van der Waals surface area contributed by atoms with Gasteiger partial charge >= 0.3 is 0 Å². The van der Waals surface area contributed by atoms with Crippen LogP contribution >= 0.6 is 0 Å². The highest BCUT2D eigenvalue weighted by molar-refractivity contribution is 4.96. The first-order valence-electron chi connectivity index (χ1n) is 6.21. The van der Waals surface area contributed by atoms with Crippen LogP contribution in [0.2, 0.25) is 0 Å². The van der Waals surface area contributed by atoms with E-state index in [0.717, 1.165) is 19.5 Å². The number of hydrogen-bond donors (Lipinski definition) is 2. The van der Waals surface area contributed by atoms with E-state index in [0.29, 0.717) is 6.61 Å². The van der Waals surface area contributed by atoms with Gasteiger partial charge in [-0.1, -0.05) is 38.3 Å². The lowest BCUT2D eigenvalue weighted by atomic mass is 9.74. The first kappa shape index (κ1) is 12.7. The Bertz CT molecular complexity index is 195. The zero-order valence-electron chi connectivity index (χ0n) is 10.0. The Morgan fingerprint density at radius 1 is 1.33 bits per heavy atom. The highest BCUT2D eigenvalue weighted by Gasteiger charge is 2.30. The molecule has 0 bridgehead atoms. The number of aliphatic hydroxyl groups excluding tert-OH is 1. The van der Waals surface area contributed by atoms with Gasteiger partial charge in [-0.3, -0.25) is 0 Å². The Morgan fingerprint density at radius 3 is 2.53 bits per heavy atom. The van der Waals surface area contributed by atoms with Crippen molar-refractivity contribution in [3.63, 3.8) is 0 Å². The van der Waals surface area contributed by atoms with E-state index < -0.39 is 0 Å². The molecule has 15 heavy (non-hydrogen) atoms. The fraction of sp³-hybridized carbons (Fsp3) is 0.846. The molecule has 0 aliphatic heterocycles. The van der Waals surface area contributed by atoms with E-state index in [1.54, 1.807) is 0 Å². The third kappa shape index (κ3) is 3.96. The molecule has 0 saturated heterocycles. The van der Waals surface area contributed by atoms with E-state index in [9.17, 15) is 5.11 Å². The van der Waals surface area contributed by atoms with Crippen molar-refractivity contribution in [1.29, 1.82) is 0 Å². The third-order valence-corrected chi connectivity index (χ3v) is 3.62. The zero-order valence-corrected chi connectivity index (χ0v) is 10.0. The molecule has 0 unspecified atom stereocenters. The van der Waals surface area contributed by atoms with Crippen LogP contribution in [0.1, 0.15) is 45.4 Å². The predicted molar refractivity (Wildman–Crippen MR) is 64.9 cm³/mol. The average molecular weight is 211 g/mol. The van der Waals surface area contributed by atoms with Crippen molar-refractivity contribution in [2.75, 3.05) is 19.7 Å². The second-order valence-electron chi connectivity index (χ2n) is 4.93. The van der Waals surface area contributed by atoms with Crippen molar-refractivity contribution in [2.24, 2.45) is 5.41 Å². The molecule has 88 valence electrons. The Morgan fingerprint density at radius 2 is 2.00 bits per heavy atom. The monoisotopic (exact) mass is 211 g/mol. The lowest BCUT2D eigenvalue weighted by molar-refractivity contribution is 0.0822. The molecule has 0 amide bonds. The van der Waals surface area contributed by atoms with Crippen LogP contribution in [0, 0.1) is 5.41 Å². The minimum Gasteiger partial charge on any atom is -0.396 e. The van der Waals surface area contributed by atoms with Gasteiger partial charge in [-0.05, 0) is 19.3 Å². The molecule has 0 radical (unpaired) electrons. The largest absolute Gasteiger partial charge is 0.396 e. The Balaban J connectivity index is 2.29. The van der Waals surface area contributed by atoms with Crippen LogP contribution < -0.4 is 5.32 Å². The van der Waals surface area contributed by atoms with Crippen LogP contribution in [0.4, 0.5) is 0 Å². The van der Waals surface area contributed by atoms with Crippen molar-refractivity contribution in [2.45, 2.75) is 45.4 Å². The summed E-state index contributed by atoms with van der Waals surface area (Å²) in [6.07, 6.45) is 7.28. The van der Waals surface area contributed by atoms with Gasteiger partial charge < -0.3 is 10.4 Å². The maximum absolute atomic E-state index is 9.50. The maximum atomic E-state index is 9.50. The molecular weight excluding hydrogens is 186 g/mol. The summed E-state index contributed by atoms with van der Waals surface area (Å²) in [6.45, 7) is 8.29. The molecule has 2 nitrogen and oxygen atoms in total. The lowest BCUT2D eigenvalue weighted by Crippen LogP contribution is -2.39. The molecule has 0 aromatic rings. The van der Waals surface area contributed by atoms with Crippen molar-refractivity contribution in [3.05, 3.63) is 12.2 Å². The van der Waals surface area contributed by atoms with Crippen molar-refractivity contribution in [1.82, 2.24) is 5.32 Å². The molecule has 1 aliphatic rings. The average Bonchev–Trinajstić information content (AvgIpc) is 2.30. The summed E-state index contributed by atoms with van der Waals surface area (Å²) < 4.78 is 0. The van der Waals surface area contributed by atoms with Crippen molar-refractivity contribution >= 4 is 0 Å². The molecule has 1 aliphatic carbocycles. The molecule has 1 rings (SSSR count). The number of nitrogens with one attached hydrogen (secondary N) is 1. The van der Waals surface area contributed by atoms with E-state index in [-0.39, 0.29) is 5.41 Å². The molecule has 0 atom stereocenters. The molecule has 2 N–H and O–H groups in total. The summed E-state index contributed by atoms with van der Waals surface area (Å²) in [7, 11) is 0. The van der Waals surface area contributed by atoms with Crippen LogP contribution in [0.3, 0.4) is 0 Å². The predicted octanol–water partition coefficient (Wildman–Crippen LogP) is 2.49. The van der Waals surface area contributed by atoms with E-state index in [4.69, 9.17) is 0 Å². The highest BCUT2D eigenvalue weighted by Crippen LogP contribution is 2.35. The van der Waals surface area contributed by atoms with Crippen molar-refractivity contribution < 1.29 is 5.11 Å². The van der Waals surface area contributed by atoms with E-state index >= 15 is 0 Å². The van der Waals surface area contributed by atoms with Gasteiger partial charge in [0.1, 0.15) is 0 Å². The summed E-state index contributed by atoms with van der Waals surface area (Å²) in [5.74, 6) is 0. The van der Waals surface area contributed by atoms with Crippen LogP contribution in [-0.2, 0) is 0 Å². The Hall–Kier alpha value is -0.340. The van der Waals surface area contributed by atoms with Gasteiger partial charge in [0.15, 0.2) is 0 Å². The van der Waals surface area contributed by atoms with E-state index in [1.165, 1.54) is 37.7 Å². The van der Waals surface area contributed by atoms with E-state index in [1.807, 2.05) is 0 Å². The van der Waals surface area contributed by atoms with Crippen LogP contribution in [-0.4, -0.2) is 24.8 Å². The smallest absolute Gasteiger partial charge is 0.0499 e. The lowest BCUT2D eigenvalue weighted by Gasteiger charge is -2.35. The number of aliphatic hydroxyl groups is 1. The fourth-order valence-corrected chi connectivity index (χ4v) is 2.32. The van der Waals surface area contributed by atoms with Gasteiger partial charge in [-0.25, -0.2) is 0 Å². The zero-order chi connectivity index (χ0) is 11.1. The standard InChI is InChI=1S/C13H25NO/c1-3-12(2)9-14-10-13(11-15)7-5-4-6-8-13/h14-15H,2-11H2,1H3. The molecule has 0 heterocycles. The first-order valence-corrected chi connectivity index (χ1v) is 6.21. The second-order valence-corrected chi connectivity index (χ2v) is 4.93. The normalized spacial score (nSPS) is 20.1. The molecule has 0 aromatic heterocycles. The Labute approximate surface area is 93.8 Å². The van der Waals surface area contributed by atoms with Crippen LogP contribution in [0.25, 0.3) is 0 Å². The summed E-state index contributed by atoms with van der Waals surface area (Å²) >= 11 is 0. The fourth-order valence-electron chi connectivity index (χ4n) is 2.32. The van der Waals surface area contributed by atoms with E-state index in [2.05, 4.69) is 18.8 Å². The SMILES string of the molecule is C=C(CC)CNCC1(CO)CCCCC1. The molecule has 0 aromatic carbocycles. The minimum atomic E-state index is 0.159. The minimum absolute atomic E-state index is 0.159. The van der Waals surface area contributed by atoms with Gasteiger partial charge in [0.05, 0.1) is 0 Å².